The van der Waals surface area contributed by atoms with Gasteiger partial charge in [-0.1, -0.05) is 40.5 Å². The van der Waals surface area contributed by atoms with E-state index in [9.17, 15) is 9.59 Å². The van der Waals surface area contributed by atoms with Gasteiger partial charge in [-0.3, -0.25) is 9.59 Å². The molecule has 0 saturated carbocycles. The highest BCUT2D eigenvalue weighted by atomic mass is 16.5. The number of hydrogen-bond donors (Lipinski definition) is 0. The van der Waals surface area contributed by atoms with Gasteiger partial charge >= 0.3 is 11.9 Å². The topological polar surface area (TPSA) is 52.6 Å². The predicted octanol–water partition coefficient (Wildman–Crippen LogP) is 3.87. The minimum absolute atomic E-state index is 0.163. The van der Waals surface area contributed by atoms with Crippen molar-refractivity contribution in [2.45, 2.75) is 72.6 Å². The largest absolute Gasteiger partial charge is 0.465 e. The molecule has 20 heavy (non-hydrogen) atoms. The molecule has 0 unspecified atom stereocenters. The van der Waals surface area contributed by atoms with Crippen molar-refractivity contribution in [2.75, 3.05) is 13.2 Å². The molecule has 0 heterocycles. The van der Waals surface area contributed by atoms with Crippen LogP contribution in [0.2, 0.25) is 0 Å². The zero-order valence-corrected chi connectivity index (χ0v) is 13.5. The summed E-state index contributed by atoms with van der Waals surface area (Å²) in [6.07, 6.45) is 5.40. The second-order valence-electron chi connectivity index (χ2n) is 5.69. The Kier molecular flexibility index (Phi) is 10.1. The van der Waals surface area contributed by atoms with Crippen molar-refractivity contribution < 1.29 is 19.1 Å². The highest BCUT2D eigenvalue weighted by Gasteiger charge is 2.26. The van der Waals surface area contributed by atoms with E-state index < -0.39 is 0 Å². The van der Waals surface area contributed by atoms with Crippen LogP contribution < -0.4 is 0 Å². The van der Waals surface area contributed by atoms with Gasteiger partial charge in [0, 0.05) is 18.3 Å². The molecule has 0 aromatic heterocycles. The van der Waals surface area contributed by atoms with Gasteiger partial charge in [-0.15, -0.1) is 0 Å². The second kappa shape index (κ2) is 10.7. The Morgan fingerprint density at radius 3 is 1.55 bits per heavy atom. The van der Waals surface area contributed by atoms with E-state index in [4.69, 9.17) is 9.47 Å². The summed E-state index contributed by atoms with van der Waals surface area (Å²) >= 11 is 0. The van der Waals surface area contributed by atoms with Crippen LogP contribution in [0.5, 0.6) is 0 Å². The number of hydrogen-bond acceptors (Lipinski definition) is 4. The normalized spacial score (nSPS) is 11.2. The van der Waals surface area contributed by atoms with Gasteiger partial charge in [0.15, 0.2) is 0 Å². The van der Waals surface area contributed by atoms with Crippen molar-refractivity contribution in [2.24, 2.45) is 5.41 Å². The Hall–Kier alpha value is -1.06. The summed E-state index contributed by atoms with van der Waals surface area (Å²) in [7, 11) is 0. The molecule has 0 N–H and O–H groups in total. The van der Waals surface area contributed by atoms with E-state index in [-0.39, 0.29) is 17.4 Å². The SMILES string of the molecule is CCCCC(=O)OCC(C)(CC)COC(=O)CCCC. The van der Waals surface area contributed by atoms with Gasteiger partial charge in [-0.25, -0.2) is 0 Å². The van der Waals surface area contributed by atoms with Crippen LogP contribution >= 0.6 is 0 Å². The molecule has 0 fully saturated rings. The lowest BCUT2D eigenvalue weighted by atomic mass is 9.90. The Morgan fingerprint density at radius 1 is 0.850 bits per heavy atom. The van der Waals surface area contributed by atoms with Gasteiger partial charge in [0.1, 0.15) is 0 Å². The van der Waals surface area contributed by atoms with Crippen molar-refractivity contribution in [3.05, 3.63) is 0 Å². The third-order valence-electron chi connectivity index (χ3n) is 3.49. The van der Waals surface area contributed by atoms with Crippen LogP contribution in [0.4, 0.5) is 0 Å². The van der Waals surface area contributed by atoms with Crippen LogP contribution in [0.3, 0.4) is 0 Å². The van der Waals surface area contributed by atoms with Gasteiger partial charge in [-0.05, 0) is 19.3 Å². The number of carbonyl (C=O) groups is 2. The van der Waals surface area contributed by atoms with Crippen molar-refractivity contribution in [1.82, 2.24) is 0 Å². The average molecular weight is 286 g/mol. The van der Waals surface area contributed by atoms with Gasteiger partial charge in [0.25, 0.3) is 0 Å². The summed E-state index contributed by atoms with van der Waals surface area (Å²) in [5.74, 6) is -0.326. The van der Waals surface area contributed by atoms with E-state index in [0.29, 0.717) is 26.1 Å². The van der Waals surface area contributed by atoms with Crippen molar-refractivity contribution in [3.8, 4) is 0 Å². The molecule has 0 aromatic carbocycles. The summed E-state index contributed by atoms with van der Waals surface area (Å²) in [5, 5.41) is 0. The standard InChI is InChI=1S/C16H30O4/c1-5-8-10-14(17)19-12-16(4,7-3)13-20-15(18)11-9-6-2/h5-13H2,1-4H3. The molecular weight excluding hydrogens is 256 g/mol. The molecule has 0 aliphatic carbocycles. The minimum Gasteiger partial charge on any atom is -0.465 e. The number of ether oxygens (including phenoxy) is 2. The highest BCUT2D eigenvalue weighted by molar-refractivity contribution is 5.69. The average Bonchev–Trinajstić information content (AvgIpc) is 2.46. The molecule has 0 amide bonds. The van der Waals surface area contributed by atoms with Gasteiger partial charge < -0.3 is 9.47 Å². The van der Waals surface area contributed by atoms with Crippen molar-refractivity contribution in [1.29, 1.82) is 0 Å². The summed E-state index contributed by atoms with van der Waals surface area (Å²) in [6, 6.07) is 0. The Morgan fingerprint density at radius 2 is 1.25 bits per heavy atom. The van der Waals surface area contributed by atoms with Crippen LogP contribution in [-0.2, 0) is 19.1 Å². The monoisotopic (exact) mass is 286 g/mol. The lowest BCUT2D eigenvalue weighted by molar-refractivity contribution is -0.153. The maximum atomic E-state index is 11.5. The molecule has 0 bridgehead atoms. The highest BCUT2D eigenvalue weighted by Crippen LogP contribution is 2.22. The Bertz CT molecular complexity index is 262. The zero-order chi connectivity index (χ0) is 15.4. The fourth-order valence-corrected chi connectivity index (χ4v) is 1.54. The van der Waals surface area contributed by atoms with E-state index in [1.165, 1.54) is 0 Å². The number of rotatable bonds is 11. The van der Waals surface area contributed by atoms with Crippen LogP contribution in [-0.4, -0.2) is 25.2 Å². The van der Waals surface area contributed by atoms with Gasteiger partial charge in [-0.2, -0.15) is 0 Å². The quantitative estimate of drug-likeness (QED) is 0.541. The molecule has 0 saturated heterocycles. The van der Waals surface area contributed by atoms with Crippen LogP contribution in [0.25, 0.3) is 0 Å². The molecule has 0 aromatic rings. The molecule has 0 aliphatic rings. The number of carbonyl (C=O) groups excluding carboxylic acids is 2. The lowest BCUT2D eigenvalue weighted by Gasteiger charge is -2.27. The van der Waals surface area contributed by atoms with Crippen LogP contribution in [0.1, 0.15) is 72.6 Å². The molecule has 0 atom stereocenters. The fraction of sp³-hybridized carbons (Fsp3) is 0.875. The van der Waals surface area contributed by atoms with E-state index in [0.717, 1.165) is 32.1 Å². The lowest BCUT2D eigenvalue weighted by Crippen LogP contribution is -2.31. The van der Waals surface area contributed by atoms with Crippen LogP contribution in [0, 0.1) is 5.41 Å². The Balaban J connectivity index is 4.06. The van der Waals surface area contributed by atoms with E-state index in [1.54, 1.807) is 0 Å². The van der Waals surface area contributed by atoms with Gasteiger partial charge in [0.05, 0.1) is 13.2 Å². The predicted molar refractivity (Wildman–Crippen MR) is 79.4 cm³/mol. The van der Waals surface area contributed by atoms with Crippen molar-refractivity contribution in [3.63, 3.8) is 0 Å². The summed E-state index contributed by atoms with van der Waals surface area (Å²) in [4.78, 5) is 23.0. The van der Waals surface area contributed by atoms with Gasteiger partial charge in [0.2, 0.25) is 0 Å². The maximum absolute atomic E-state index is 11.5. The zero-order valence-electron chi connectivity index (χ0n) is 13.5. The van der Waals surface area contributed by atoms with E-state index in [1.807, 2.05) is 27.7 Å². The first-order valence-electron chi connectivity index (χ1n) is 7.78. The molecule has 0 aliphatic heterocycles. The third-order valence-corrected chi connectivity index (χ3v) is 3.49. The van der Waals surface area contributed by atoms with Crippen LogP contribution in [0.15, 0.2) is 0 Å². The molecule has 4 nitrogen and oxygen atoms in total. The molecule has 0 spiro atoms. The fourth-order valence-electron chi connectivity index (χ4n) is 1.54. The smallest absolute Gasteiger partial charge is 0.305 e. The Labute approximate surface area is 123 Å². The first-order chi connectivity index (χ1) is 9.47. The summed E-state index contributed by atoms with van der Waals surface area (Å²) < 4.78 is 10.6. The first-order valence-corrected chi connectivity index (χ1v) is 7.78. The van der Waals surface area contributed by atoms with E-state index in [2.05, 4.69) is 0 Å². The second-order valence-corrected chi connectivity index (χ2v) is 5.69. The number of esters is 2. The summed E-state index contributed by atoms with van der Waals surface area (Å²) in [6.45, 7) is 8.70. The maximum Gasteiger partial charge on any atom is 0.305 e. The molecule has 118 valence electrons. The third kappa shape index (κ3) is 8.94. The molecule has 4 heteroatoms. The number of unbranched alkanes of at least 4 members (excludes halogenated alkanes) is 2. The van der Waals surface area contributed by atoms with Crippen molar-refractivity contribution >= 4 is 11.9 Å². The minimum atomic E-state index is -0.288. The summed E-state index contributed by atoms with van der Waals surface area (Å²) in [5.41, 5.74) is -0.288. The molecule has 0 radical (unpaired) electrons. The molecule has 0 rings (SSSR count). The molecular formula is C16H30O4. The first kappa shape index (κ1) is 18.9. The van der Waals surface area contributed by atoms with E-state index >= 15 is 0 Å².